The molecule has 1 aliphatic heterocycles. The smallest absolute Gasteiger partial charge is 0.300 e. The van der Waals surface area contributed by atoms with Gasteiger partial charge in [0.1, 0.15) is 11.6 Å². The number of rotatable bonds is 3. The van der Waals surface area contributed by atoms with Gasteiger partial charge >= 0.3 is 0 Å². The molecule has 4 aromatic rings. The SMILES string of the molecule is O=C1C(=O)N(c2cc(Cl)cc(Cl)c2)C(c2ccc(F)cc2)/C1=C(/O)c1cccc2ccccc12. The molecular formula is C27H16Cl2FNO3. The Balaban J connectivity index is 1.79. The van der Waals surface area contributed by atoms with Gasteiger partial charge in [-0.1, -0.05) is 77.8 Å². The van der Waals surface area contributed by atoms with Gasteiger partial charge in [0.05, 0.1) is 11.6 Å². The summed E-state index contributed by atoms with van der Waals surface area (Å²) in [6.07, 6.45) is 0. The molecule has 1 unspecified atom stereocenters. The Morgan fingerprint density at radius 2 is 1.50 bits per heavy atom. The average Bonchev–Trinajstić information content (AvgIpc) is 3.08. The van der Waals surface area contributed by atoms with Crippen LogP contribution >= 0.6 is 23.2 Å². The Hall–Kier alpha value is -3.67. The van der Waals surface area contributed by atoms with E-state index in [-0.39, 0.29) is 27.1 Å². The van der Waals surface area contributed by atoms with Crippen LogP contribution in [-0.4, -0.2) is 16.8 Å². The van der Waals surface area contributed by atoms with Crippen molar-refractivity contribution in [2.24, 2.45) is 0 Å². The number of ketones is 1. The predicted octanol–water partition coefficient (Wildman–Crippen LogP) is 6.91. The molecule has 0 spiro atoms. The minimum Gasteiger partial charge on any atom is -0.507 e. The fourth-order valence-electron chi connectivity index (χ4n) is 4.31. The summed E-state index contributed by atoms with van der Waals surface area (Å²) in [5.41, 5.74) is 1.03. The number of anilines is 1. The molecule has 7 heteroatoms. The summed E-state index contributed by atoms with van der Waals surface area (Å²) in [4.78, 5) is 27.8. The van der Waals surface area contributed by atoms with E-state index in [4.69, 9.17) is 23.2 Å². The van der Waals surface area contributed by atoms with E-state index >= 15 is 0 Å². The summed E-state index contributed by atoms with van der Waals surface area (Å²) in [7, 11) is 0. The lowest BCUT2D eigenvalue weighted by molar-refractivity contribution is -0.132. The van der Waals surface area contributed by atoms with Crippen LogP contribution in [0.25, 0.3) is 16.5 Å². The van der Waals surface area contributed by atoms with Crippen molar-refractivity contribution in [3.63, 3.8) is 0 Å². The highest BCUT2D eigenvalue weighted by Crippen LogP contribution is 2.44. The van der Waals surface area contributed by atoms with E-state index in [1.807, 2.05) is 30.3 Å². The molecule has 1 fully saturated rings. The molecule has 0 aliphatic carbocycles. The molecule has 34 heavy (non-hydrogen) atoms. The van der Waals surface area contributed by atoms with Gasteiger partial charge in [-0.2, -0.15) is 0 Å². The first-order chi connectivity index (χ1) is 16.3. The number of halogens is 3. The van der Waals surface area contributed by atoms with Crippen LogP contribution in [0.5, 0.6) is 0 Å². The van der Waals surface area contributed by atoms with Crippen molar-refractivity contribution < 1.29 is 19.1 Å². The summed E-state index contributed by atoms with van der Waals surface area (Å²) in [6.45, 7) is 0. The molecule has 0 radical (unpaired) electrons. The quantitative estimate of drug-likeness (QED) is 0.192. The number of aliphatic hydroxyl groups is 1. The van der Waals surface area contributed by atoms with Crippen molar-refractivity contribution in [1.82, 2.24) is 0 Å². The number of Topliss-reactive ketones (excluding diaryl/α,β-unsaturated/α-hetero) is 1. The van der Waals surface area contributed by atoms with E-state index in [0.717, 1.165) is 10.8 Å². The number of carbonyl (C=O) groups excluding carboxylic acids is 2. The Bertz CT molecular complexity index is 1470. The highest BCUT2D eigenvalue weighted by Gasteiger charge is 2.47. The molecule has 1 atom stereocenters. The van der Waals surface area contributed by atoms with Crippen molar-refractivity contribution in [2.75, 3.05) is 4.90 Å². The third-order valence-corrected chi connectivity index (χ3v) is 6.24. The number of aliphatic hydroxyl groups excluding tert-OH is 1. The monoisotopic (exact) mass is 491 g/mol. The molecule has 4 aromatic carbocycles. The van der Waals surface area contributed by atoms with E-state index in [1.165, 1.54) is 47.4 Å². The Labute approximate surface area is 204 Å². The normalized spacial score (nSPS) is 17.5. The summed E-state index contributed by atoms with van der Waals surface area (Å²) in [5.74, 6) is -2.51. The third-order valence-electron chi connectivity index (χ3n) is 5.80. The summed E-state index contributed by atoms with van der Waals surface area (Å²) in [5, 5.41) is 13.6. The number of benzene rings is 4. The van der Waals surface area contributed by atoms with Crippen LogP contribution in [0.15, 0.2) is 90.5 Å². The molecule has 1 amide bonds. The van der Waals surface area contributed by atoms with Crippen molar-refractivity contribution in [3.05, 3.63) is 117 Å². The van der Waals surface area contributed by atoms with Crippen LogP contribution in [0.4, 0.5) is 10.1 Å². The van der Waals surface area contributed by atoms with Crippen molar-refractivity contribution in [3.8, 4) is 0 Å². The van der Waals surface area contributed by atoms with Gasteiger partial charge in [0.25, 0.3) is 11.7 Å². The maximum atomic E-state index is 13.7. The van der Waals surface area contributed by atoms with Gasteiger partial charge in [-0.25, -0.2) is 4.39 Å². The number of hydrogen-bond acceptors (Lipinski definition) is 3. The molecule has 4 nitrogen and oxygen atoms in total. The zero-order valence-electron chi connectivity index (χ0n) is 17.5. The first kappa shape index (κ1) is 22.1. The van der Waals surface area contributed by atoms with Crippen LogP contribution in [-0.2, 0) is 9.59 Å². The number of nitrogens with zero attached hydrogens (tertiary/aromatic N) is 1. The second-order valence-electron chi connectivity index (χ2n) is 7.88. The van der Waals surface area contributed by atoms with Gasteiger partial charge in [0, 0.05) is 21.3 Å². The molecular weight excluding hydrogens is 476 g/mol. The number of hydrogen-bond donors (Lipinski definition) is 1. The lowest BCUT2D eigenvalue weighted by atomic mass is 9.93. The van der Waals surface area contributed by atoms with Gasteiger partial charge < -0.3 is 5.11 Å². The molecule has 1 heterocycles. The van der Waals surface area contributed by atoms with Crippen LogP contribution in [0.2, 0.25) is 10.0 Å². The largest absolute Gasteiger partial charge is 0.507 e. The maximum absolute atomic E-state index is 13.7. The zero-order valence-corrected chi connectivity index (χ0v) is 19.0. The van der Waals surface area contributed by atoms with Crippen LogP contribution < -0.4 is 4.90 Å². The van der Waals surface area contributed by atoms with Gasteiger partial charge in [0.2, 0.25) is 0 Å². The predicted molar refractivity (Wildman–Crippen MR) is 132 cm³/mol. The van der Waals surface area contributed by atoms with Crippen molar-refractivity contribution >= 4 is 57.1 Å². The van der Waals surface area contributed by atoms with Crippen LogP contribution in [0.1, 0.15) is 17.2 Å². The maximum Gasteiger partial charge on any atom is 0.300 e. The minimum absolute atomic E-state index is 0.107. The van der Waals surface area contributed by atoms with Gasteiger partial charge in [-0.3, -0.25) is 14.5 Å². The lowest BCUT2D eigenvalue weighted by Crippen LogP contribution is -2.29. The van der Waals surface area contributed by atoms with Crippen LogP contribution in [0, 0.1) is 5.82 Å². The molecule has 1 saturated heterocycles. The van der Waals surface area contributed by atoms with E-state index in [2.05, 4.69) is 0 Å². The molecule has 1 N–H and O–H groups in total. The average molecular weight is 492 g/mol. The first-order valence-electron chi connectivity index (χ1n) is 10.4. The van der Waals surface area contributed by atoms with E-state index in [1.54, 1.807) is 12.1 Å². The lowest BCUT2D eigenvalue weighted by Gasteiger charge is -2.26. The molecule has 0 saturated carbocycles. The number of amides is 1. The van der Waals surface area contributed by atoms with E-state index in [9.17, 15) is 19.1 Å². The van der Waals surface area contributed by atoms with E-state index in [0.29, 0.717) is 11.1 Å². The summed E-state index contributed by atoms with van der Waals surface area (Å²) in [6, 6.07) is 21.6. The minimum atomic E-state index is -1.02. The Morgan fingerprint density at radius 3 is 2.21 bits per heavy atom. The van der Waals surface area contributed by atoms with Crippen molar-refractivity contribution in [1.29, 1.82) is 0 Å². The third kappa shape index (κ3) is 3.73. The molecule has 168 valence electrons. The highest BCUT2D eigenvalue weighted by molar-refractivity contribution is 6.52. The van der Waals surface area contributed by atoms with Crippen LogP contribution in [0.3, 0.4) is 0 Å². The fourth-order valence-corrected chi connectivity index (χ4v) is 4.83. The standard InChI is InChI=1S/C27H16Cl2FNO3/c28-17-12-18(29)14-20(13-17)31-24(16-8-10-19(30)11-9-16)23(26(33)27(31)34)25(32)22-7-3-5-15-4-1-2-6-21(15)22/h1-14,24,32H/b25-23-. The molecule has 0 aromatic heterocycles. The second-order valence-corrected chi connectivity index (χ2v) is 8.75. The van der Waals surface area contributed by atoms with Gasteiger partial charge in [-0.15, -0.1) is 0 Å². The fraction of sp³-hybridized carbons (Fsp3) is 0.0370. The second kappa shape index (κ2) is 8.60. The molecule has 0 bridgehead atoms. The Morgan fingerprint density at radius 1 is 0.853 bits per heavy atom. The molecule has 1 aliphatic rings. The van der Waals surface area contributed by atoms with Crippen molar-refractivity contribution in [2.45, 2.75) is 6.04 Å². The molecule has 5 rings (SSSR count). The Kier molecular flexibility index (Phi) is 5.60. The first-order valence-corrected chi connectivity index (χ1v) is 11.1. The summed E-state index contributed by atoms with van der Waals surface area (Å²) < 4.78 is 13.7. The van der Waals surface area contributed by atoms with Gasteiger partial charge in [-0.05, 0) is 46.7 Å². The van der Waals surface area contributed by atoms with E-state index < -0.39 is 23.5 Å². The topological polar surface area (TPSA) is 57.6 Å². The number of carbonyl (C=O) groups is 2. The van der Waals surface area contributed by atoms with Gasteiger partial charge in [0.15, 0.2) is 0 Å². The zero-order chi connectivity index (χ0) is 24.0. The number of fused-ring (bicyclic) bond motifs is 1. The summed E-state index contributed by atoms with van der Waals surface area (Å²) >= 11 is 12.3. The highest BCUT2D eigenvalue weighted by atomic mass is 35.5.